The number of carbonyl (C=O) groups is 2. The summed E-state index contributed by atoms with van der Waals surface area (Å²) in [5, 5.41) is -0.356. The van der Waals surface area contributed by atoms with Crippen LogP contribution in [0, 0.1) is 5.41 Å². The van der Waals surface area contributed by atoms with Gasteiger partial charge in [0.05, 0.1) is 10.8 Å². The Morgan fingerprint density at radius 1 is 1.24 bits per heavy atom. The summed E-state index contributed by atoms with van der Waals surface area (Å²) in [6.07, 6.45) is 10.2. The standard InChI is InChI=1S/C20H26N2O2S/c1-15(18(21)23)25-17-9-4-3-8-16(17)19(24)22-13-7-12-20(14-22)10-5-2-6-11-20/h2-5,8-9,15H,6-7,10-14H2,1H3,(H2,21,23)/t15-,20-/m0/s1. The Morgan fingerprint density at radius 2 is 2.04 bits per heavy atom. The van der Waals surface area contributed by atoms with Crippen molar-refractivity contribution in [2.24, 2.45) is 11.1 Å². The van der Waals surface area contributed by atoms with E-state index in [4.69, 9.17) is 5.73 Å². The minimum Gasteiger partial charge on any atom is -0.369 e. The maximum Gasteiger partial charge on any atom is 0.255 e. The fourth-order valence-corrected chi connectivity index (χ4v) is 4.80. The van der Waals surface area contributed by atoms with Gasteiger partial charge in [-0.15, -0.1) is 11.8 Å². The van der Waals surface area contributed by atoms with Gasteiger partial charge in [0.25, 0.3) is 5.91 Å². The zero-order valence-corrected chi connectivity index (χ0v) is 15.6. The molecule has 0 radical (unpaired) electrons. The Balaban J connectivity index is 1.78. The van der Waals surface area contributed by atoms with Crippen molar-refractivity contribution in [1.82, 2.24) is 4.90 Å². The fourth-order valence-electron chi connectivity index (χ4n) is 3.86. The summed E-state index contributed by atoms with van der Waals surface area (Å²) in [5.41, 5.74) is 6.32. The monoisotopic (exact) mass is 358 g/mol. The third kappa shape index (κ3) is 4.09. The molecule has 0 bridgehead atoms. The summed E-state index contributed by atoms with van der Waals surface area (Å²) < 4.78 is 0. The number of allylic oxidation sites excluding steroid dienone is 2. The lowest BCUT2D eigenvalue weighted by atomic mass is 9.71. The molecule has 134 valence electrons. The van der Waals surface area contributed by atoms with Crippen molar-refractivity contribution in [2.45, 2.75) is 49.2 Å². The van der Waals surface area contributed by atoms with E-state index in [1.807, 2.05) is 29.2 Å². The Kier molecular flexibility index (Phi) is 5.52. The van der Waals surface area contributed by atoms with E-state index in [9.17, 15) is 9.59 Å². The van der Waals surface area contributed by atoms with Crippen LogP contribution < -0.4 is 5.73 Å². The molecule has 1 saturated heterocycles. The van der Waals surface area contributed by atoms with Crippen LogP contribution in [0.5, 0.6) is 0 Å². The Bertz CT molecular complexity index is 688. The minimum absolute atomic E-state index is 0.0772. The number of rotatable bonds is 4. The Hall–Kier alpha value is -1.75. The number of amides is 2. The van der Waals surface area contributed by atoms with E-state index in [1.54, 1.807) is 6.92 Å². The molecule has 3 rings (SSSR count). The highest BCUT2D eigenvalue weighted by molar-refractivity contribution is 8.00. The molecule has 2 N–H and O–H groups in total. The zero-order chi connectivity index (χ0) is 17.9. The quantitative estimate of drug-likeness (QED) is 0.660. The normalized spacial score (nSPS) is 24.3. The molecule has 2 amide bonds. The van der Waals surface area contributed by atoms with Crippen LogP contribution in [-0.4, -0.2) is 35.1 Å². The molecular formula is C20H26N2O2S. The summed E-state index contributed by atoms with van der Waals surface area (Å²) in [7, 11) is 0. The predicted octanol–water partition coefficient (Wildman–Crippen LogP) is 3.62. The highest BCUT2D eigenvalue weighted by atomic mass is 32.2. The lowest BCUT2D eigenvalue weighted by Gasteiger charge is -2.44. The maximum atomic E-state index is 13.2. The molecule has 1 spiro atoms. The number of benzene rings is 1. The second-order valence-corrected chi connectivity index (χ2v) is 8.59. The smallest absolute Gasteiger partial charge is 0.255 e. The van der Waals surface area contributed by atoms with E-state index in [1.165, 1.54) is 24.6 Å². The minimum atomic E-state index is -0.363. The number of likely N-dealkylation sites (tertiary alicyclic amines) is 1. The lowest BCUT2D eigenvalue weighted by molar-refractivity contribution is -0.117. The topological polar surface area (TPSA) is 63.4 Å². The molecule has 25 heavy (non-hydrogen) atoms. The zero-order valence-electron chi connectivity index (χ0n) is 14.7. The van der Waals surface area contributed by atoms with Crippen molar-refractivity contribution in [3.63, 3.8) is 0 Å². The first kappa shape index (κ1) is 18.1. The van der Waals surface area contributed by atoms with E-state index >= 15 is 0 Å². The molecule has 1 fully saturated rings. The van der Waals surface area contributed by atoms with Crippen LogP contribution in [0.4, 0.5) is 0 Å². The van der Waals surface area contributed by atoms with Gasteiger partial charge in [-0.25, -0.2) is 0 Å². The molecule has 1 aromatic rings. The van der Waals surface area contributed by atoms with Crippen molar-refractivity contribution < 1.29 is 9.59 Å². The molecule has 0 aromatic heterocycles. The van der Waals surface area contributed by atoms with Crippen LogP contribution in [0.2, 0.25) is 0 Å². The van der Waals surface area contributed by atoms with Crippen LogP contribution in [0.3, 0.4) is 0 Å². The van der Waals surface area contributed by atoms with Crippen LogP contribution in [0.25, 0.3) is 0 Å². The van der Waals surface area contributed by atoms with Crippen molar-refractivity contribution >= 4 is 23.6 Å². The Morgan fingerprint density at radius 3 is 2.76 bits per heavy atom. The SMILES string of the molecule is C[C@H](Sc1ccccc1C(=O)N1CCC[C@@]2(CC=CCC2)C1)C(N)=O. The van der Waals surface area contributed by atoms with Crippen LogP contribution in [-0.2, 0) is 4.79 Å². The molecule has 1 aliphatic heterocycles. The summed E-state index contributed by atoms with van der Waals surface area (Å²) >= 11 is 1.36. The number of nitrogens with two attached hydrogens (primary N) is 1. The van der Waals surface area contributed by atoms with Gasteiger partial charge < -0.3 is 10.6 Å². The van der Waals surface area contributed by atoms with Crippen molar-refractivity contribution in [2.75, 3.05) is 13.1 Å². The van der Waals surface area contributed by atoms with Gasteiger partial charge >= 0.3 is 0 Å². The van der Waals surface area contributed by atoms with E-state index in [0.717, 1.165) is 37.2 Å². The van der Waals surface area contributed by atoms with Gasteiger partial charge in [0, 0.05) is 18.0 Å². The molecule has 1 heterocycles. The van der Waals surface area contributed by atoms with E-state index in [2.05, 4.69) is 12.2 Å². The molecule has 5 heteroatoms. The Labute approximate surface area is 153 Å². The van der Waals surface area contributed by atoms with Crippen LogP contribution in [0.1, 0.15) is 49.4 Å². The van der Waals surface area contributed by atoms with Crippen LogP contribution in [0.15, 0.2) is 41.3 Å². The third-order valence-corrected chi connectivity index (χ3v) is 6.53. The first-order valence-corrected chi connectivity index (χ1v) is 9.88. The number of carbonyl (C=O) groups excluding carboxylic acids is 2. The largest absolute Gasteiger partial charge is 0.369 e. The number of thioether (sulfide) groups is 1. The second kappa shape index (κ2) is 7.65. The third-order valence-electron chi connectivity index (χ3n) is 5.33. The molecule has 1 aliphatic carbocycles. The van der Waals surface area contributed by atoms with E-state index < -0.39 is 0 Å². The van der Waals surface area contributed by atoms with Gasteiger partial charge in [-0.2, -0.15) is 0 Å². The van der Waals surface area contributed by atoms with Crippen LogP contribution >= 0.6 is 11.8 Å². The number of hydrogen-bond acceptors (Lipinski definition) is 3. The summed E-state index contributed by atoms with van der Waals surface area (Å²) in [5.74, 6) is -0.286. The fraction of sp³-hybridized carbons (Fsp3) is 0.500. The van der Waals surface area contributed by atoms with Gasteiger partial charge in [0.15, 0.2) is 0 Å². The second-order valence-electron chi connectivity index (χ2n) is 7.20. The van der Waals surface area contributed by atoms with E-state index in [-0.39, 0.29) is 22.5 Å². The highest BCUT2D eigenvalue weighted by Gasteiger charge is 2.37. The molecule has 2 aliphatic rings. The summed E-state index contributed by atoms with van der Waals surface area (Å²) in [4.78, 5) is 27.4. The number of hydrogen-bond donors (Lipinski definition) is 1. The summed E-state index contributed by atoms with van der Waals surface area (Å²) in [6.45, 7) is 3.42. The van der Waals surface area contributed by atoms with Gasteiger partial charge in [-0.3, -0.25) is 9.59 Å². The highest BCUT2D eigenvalue weighted by Crippen LogP contribution is 2.41. The lowest BCUT2D eigenvalue weighted by Crippen LogP contribution is -2.46. The molecule has 0 saturated carbocycles. The molecule has 0 unspecified atom stereocenters. The average Bonchev–Trinajstić information content (AvgIpc) is 2.62. The molecule has 4 nitrogen and oxygen atoms in total. The average molecular weight is 359 g/mol. The first-order chi connectivity index (χ1) is 12.0. The number of primary amides is 1. The maximum absolute atomic E-state index is 13.2. The summed E-state index contributed by atoms with van der Waals surface area (Å²) in [6, 6.07) is 7.55. The van der Waals surface area contributed by atoms with Crippen molar-refractivity contribution in [3.8, 4) is 0 Å². The van der Waals surface area contributed by atoms with Gasteiger partial charge in [-0.05, 0) is 56.6 Å². The molecule has 1 aromatic carbocycles. The predicted molar refractivity (Wildman–Crippen MR) is 102 cm³/mol. The first-order valence-electron chi connectivity index (χ1n) is 9.00. The van der Waals surface area contributed by atoms with Crippen molar-refractivity contribution in [3.05, 3.63) is 42.0 Å². The van der Waals surface area contributed by atoms with Gasteiger partial charge in [-0.1, -0.05) is 24.3 Å². The molecule has 2 atom stereocenters. The van der Waals surface area contributed by atoms with Gasteiger partial charge in [0.1, 0.15) is 0 Å². The number of piperidine rings is 1. The van der Waals surface area contributed by atoms with Gasteiger partial charge in [0.2, 0.25) is 5.91 Å². The molecular weight excluding hydrogens is 332 g/mol. The van der Waals surface area contributed by atoms with Crippen molar-refractivity contribution in [1.29, 1.82) is 0 Å². The number of nitrogens with zero attached hydrogens (tertiary/aromatic N) is 1. The van der Waals surface area contributed by atoms with E-state index in [0.29, 0.717) is 5.56 Å².